The van der Waals surface area contributed by atoms with Crippen molar-refractivity contribution in [1.82, 2.24) is 9.78 Å². The zero-order valence-electron chi connectivity index (χ0n) is 12.4. The van der Waals surface area contributed by atoms with Crippen LogP contribution in [0.4, 0.5) is 11.4 Å². The highest BCUT2D eigenvalue weighted by Gasteiger charge is 2.21. The minimum atomic E-state index is 0.178. The Hall–Kier alpha value is -2.30. The first-order valence-electron chi connectivity index (χ1n) is 7.30. The van der Waals surface area contributed by atoms with Crippen molar-refractivity contribution in [3.63, 3.8) is 0 Å². The Morgan fingerprint density at radius 2 is 2.00 bits per heavy atom. The Balaban J connectivity index is 1.70. The fraction of sp³-hybridized carbons (Fsp3) is 0.375. The number of nitrogens with one attached hydrogen (secondary N) is 1. The molecule has 0 bridgehead atoms. The second-order valence-electron chi connectivity index (χ2n) is 5.44. The van der Waals surface area contributed by atoms with Crippen molar-refractivity contribution in [2.24, 2.45) is 7.05 Å². The molecule has 21 heavy (non-hydrogen) atoms. The lowest BCUT2D eigenvalue weighted by Gasteiger charge is -2.18. The second-order valence-corrected chi connectivity index (χ2v) is 5.44. The van der Waals surface area contributed by atoms with Gasteiger partial charge in [-0.3, -0.25) is 9.48 Å². The smallest absolute Gasteiger partial charge is 0.227 e. The number of rotatable bonds is 4. The number of nitrogens with zero attached hydrogens (tertiary/aromatic N) is 3. The maximum absolute atomic E-state index is 11.7. The van der Waals surface area contributed by atoms with E-state index in [1.807, 2.05) is 47.0 Å². The topological polar surface area (TPSA) is 50.2 Å². The molecular weight excluding hydrogens is 264 g/mol. The van der Waals surface area contributed by atoms with Crippen LogP contribution < -0.4 is 10.2 Å². The van der Waals surface area contributed by atoms with Crippen LogP contribution in [0, 0.1) is 0 Å². The van der Waals surface area contributed by atoms with Crippen LogP contribution in [0.3, 0.4) is 0 Å². The molecule has 1 N–H and O–H groups in total. The average molecular weight is 284 g/mol. The lowest BCUT2D eigenvalue weighted by atomic mass is 10.2. The first kappa shape index (κ1) is 13.7. The monoisotopic (exact) mass is 284 g/mol. The highest BCUT2D eigenvalue weighted by Crippen LogP contribution is 2.25. The molecule has 1 saturated heterocycles. The van der Waals surface area contributed by atoms with Crippen molar-refractivity contribution >= 4 is 17.3 Å². The molecule has 5 nitrogen and oxygen atoms in total. The van der Waals surface area contributed by atoms with Gasteiger partial charge in [0.05, 0.1) is 11.7 Å². The lowest BCUT2D eigenvalue weighted by molar-refractivity contribution is -0.117. The SMILES string of the molecule is CC(Nc1ccc(N2CCCC2=O)cc1)c1ccnn1C. The molecule has 0 radical (unpaired) electrons. The summed E-state index contributed by atoms with van der Waals surface area (Å²) in [7, 11) is 1.94. The quantitative estimate of drug-likeness (QED) is 0.939. The zero-order chi connectivity index (χ0) is 14.8. The van der Waals surface area contributed by atoms with E-state index in [0.29, 0.717) is 6.42 Å². The van der Waals surface area contributed by atoms with Crippen molar-refractivity contribution in [1.29, 1.82) is 0 Å². The summed E-state index contributed by atoms with van der Waals surface area (Å²) < 4.78 is 1.87. The largest absolute Gasteiger partial charge is 0.377 e. The average Bonchev–Trinajstić information content (AvgIpc) is 3.08. The Morgan fingerprint density at radius 1 is 1.24 bits per heavy atom. The molecule has 1 fully saturated rings. The number of carbonyl (C=O) groups is 1. The molecule has 3 rings (SSSR count). The van der Waals surface area contributed by atoms with E-state index >= 15 is 0 Å². The van der Waals surface area contributed by atoms with E-state index in [0.717, 1.165) is 30.0 Å². The summed E-state index contributed by atoms with van der Waals surface area (Å²) in [6.07, 6.45) is 3.42. The van der Waals surface area contributed by atoms with Gasteiger partial charge in [-0.25, -0.2) is 0 Å². The number of hydrogen-bond acceptors (Lipinski definition) is 3. The summed E-state index contributed by atoms with van der Waals surface area (Å²) in [6.45, 7) is 2.94. The number of amides is 1. The first-order chi connectivity index (χ1) is 10.1. The third kappa shape index (κ3) is 2.77. The van der Waals surface area contributed by atoms with E-state index in [1.54, 1.807) is 6.20 Å². The van der Waals surface area contributed by atoms with Crippen molar-refractivity contribution in [2.75, 3.05) is 16.8 Å². The molecule has 0 saturated carbocycles. The molecule has 1 aliphatic rings. The number of aromatic nitrogens is 2. The highest BCUT2D eigenvalue weighted by atomic mass is 16.2. The number of anilines is 2. The van der Waals surface area contributed by atoms with Crippen LogP contribution in [0.2, 0.25) is 0 Å². The van der Waals surface area contributed by atoms with Gasteiger partial charge in [0, 0.05) is 37.6 Å². The minimum absolute atomic E-state index is 0.178. The van der Waals surface area contributed by atoms with E-state index < -0.39 is 0 Å². The molecule has 0 aliphatic carbocycles. The normalized spacial score (nSPS) is 16.3. The van der Waals surface area contributed by atoms with Gasteiger partial charge in [0.15, 0.2) is 0 Å². The van der Waals surface area contributed by atoms with Gasteiger partial charge in [-0.05, 0) is 43.7 Å². The predicted octanol–water partition coefficient (Wildman–Crippen LogP) is 2.72. The molecule has 1 aromatic heterocycles. The van der Waals surface area contributed by atoms with Crippen LogP contribution in [0.5, 0.6) is 0 Å². The van der Waals surface area contributed by atoms with Gasteiger partial charge in [-0.15, -0.1) is 0 Å². The van der Waals surface area contributed by atoms with E-state index in [4.69, 9.17) is 0 Å². The van der Waals surface area contributed by atoms with E-state index in [-0.39, 0.29) is 11.9 Å². The molecule has 1 amide bonds. The summed E-state index contributed by atoms with van der Waals surface area (Å²) in [5, 5.41) is 7.64. The summed E-state index contributed by atoms with van der Waals surface area (Å²) in [4.78, 5) is 13.6. The zero-order valence-corrected chi connectivity index (χ0v) is 12.4. The Kier molecular flexibility index (Phi) is 3.64. The van der Waals surface area contributed by atoms with Crippen LogP contribution in [-0.4, -0.2) is 22.2 Å². The number of hydrogen-bond donors (Lipinski definition) is 1. The molecular formula is C16H20N4O. The van der Waals surface area contributed by atoms with Gasteiger partial charge in [0.25, 0.3) is 0 Å². The van der Waals surface area contributed by atoms with E-state index in [2.05, 4.69) is 17.3 Å². The standard InChI is InChI=1S/C16H20N4O/c1-12(15-9-10-17-19(15)2)18-13-5-7-14(8-6-13)20-11-3-4-16(20)21/h5-10,12,18H,3-4,11H2,1-2H3. The Labute approximate surface area is 124 Å². The molecule has 2 aromatic rings. The second kappa shape index (κ2) is 5.60. The van der Waals surface area contributed by atoms with Gasteiger partial charge < -0.3 is 10.2 Å². The molecule has 0 spiro atoms. The van der Waals surface area contributed by atoms with E-state index in [9.17, 15) is 4.79 Å². The van der Waals surface area contributed by atoms with Crippen LogP contribution in [0.1, 0.15) is 31.5 Å². The van der Waals surface area contributed by atoms with Crippen LogP contribution in [0.15, 0.2) is 36.5 Å². The van der Waals surface area contributed by atoms with Gasteiger partial charge in [-0.2, -0.15) is 5.10 Å². The Morgan fingerprint density at radius 3 is 2.57 bits per heavy atom. The van der Waals surface area contributed by atoms with E-state index in [1.165, 1.54) is 0 Å². The summed E-state index contributed by atoms with van der Waals surface area (Å²) in [5.74, 6) is 0.221. The molecule has 1 atom stereocenters. The van der Waals surface area contributed by atoms with Crippen molar-refractivity contribution in [3.8, 4) is 0 Å². The molecule has 5 heteroatoms. The molecule has 1 aliphatic heterocycles. The van der Waals surface area contributed by atoms with Gasteiger partial charge in [-0.1, -0.05) is 0 Å². The third-order valence-electron chi connectivity index (χ3n) is 3.94. The summed E-state index contributed by atoms with van der Waals surface area (Å²) >= 11 is 0. The molecule has 1 unspecified atom stereocenters. The van der Waals surface area contributed by atoms with Gasteiger partial charge >= 0.3 is 0 Å². The van der Waals surface area contributed by atoms with Gasteiger partial charge in [0.1, 0.15) is 0 Å². The third-order valence-corrected chi connectivity index (χ3v) is 3.94. The summed E-state index contributed by atoms with van der Waals surface area (Å²) in [6, 6.07) is 10.2. The summed E-state index contributed by atoms with van der Waals surface area (Å²) in [5.41, 5.74) is 3.16. The van der Waals surface area contributed by atoms with Crippen molar-refractivity contribution in [3.05, 3.63) is 42.2 Å². The van der Waals surface area contributed by atoms with Crippen LogP contribution in [0.25, 0.3) is 0 Å². The first-order valence-corrected chi connectivity index (χ1v) is 7.30. The predicted molar refractivity (Wildman–Crippen MR) is 83.3 cm³/mol. The van der Waals surface area contributed by atoms with Crippen LogP contribution >= 0.6 is 0 Å². The van der Waals surface area contributed by atoms with Crippen LogP contribution in [-0.2, 0) is 11.8 Å². The lowest BCUT2D eigenvalue weighted by Crippen LogP contribution is -2.23. The highest BCUT2D eigenvalue weighted by molar-refractivity contribution is 5.95. The van der Waals surface area contributed by atoms with Crippen molar-refractivity contribution < 1.29 is 4.79 Å². The minimum Gasteiger partial charge on any atom is -0.377 e. The maximum atomic E-state index is 11.7. The number of aryl methyl sites for hydroxylation is 1. The van der Waals surface area contributed by atoms with Gasteiger partial charge in [0.2, 0.25) is 5.91 Å². The fourth-order valence-corrected chi connectivity index (χ4v) is 2.79. The molecule has 2 heterocycles. The Bertz CT molecular complexity index is 632. The number of carbonyl (C=O) groups excluding carboxylic acids is 1. The molecule has 110 valence electrons. The maximum Gasteiger partial charge on any atom is 0.227 e. The number of benzene rings is 1. The fourth-order valence-electron chi connectivity index (χ4n) is 2.79. The van der Waals surface area contributed by atoms with Crippen molar-refractivity contribution in [2.45, 2.75) is 25.8 Å². The molecule has 1 aromatic carbocycles.